The van der Waals surface area contributed by atoms with Crippen molar-refractivity contribution in [3.05, 3.63) is 41.5 Å². The molecule has 0 spiro atoms. The first-order chi connectivity index (χ1) is 9.69. The largest absolute Gasteiger partial charge is 0.497 e. The van der Waals surface area contributed by atoms with Gasteiger partial charge in [-0.1, -0.05) is 13.0 Å². The molecular formula is C17H18O3. The number of hydrogen-bond acceptors (Lipinski definition) is 3. The van der Waals surface area contributed by atoms with E-state index in [2.05, 4.69) is 31.2 Å². The second-order valence-corrected chi connectivity index (χ2v) is 4.97. The van der Waals surface area contributed by atoms with E-state index in [1.807, 2.05) is 6.07 Å². The first-order valence-electron chi connectivity index (χ1n) is 6.63. The fourth-order valence-corrected chi connectivity index (χ4v) is 2.93. The molecule has 3 heteroatoms. The third-order valence-corrected chi connectivity index (χ3v) is 4.04. The molecule has 0 aliphatic heterocycles. The van der Waals surface area contributed by atoms with Gasteiger partial charge < -0.3 is 14.2 Å². The van der Waals surface area contributed by atoms with Crippen molar-refractivity contribution in [2.45, 2.75) is 12.8 Å². The molecule has 0 aromatic heterocycles. The van der Waals surface area contributed by atoms with Gasteiger partial charge in [-0.15, -0.1) is 0 Å². The van der Waals surface area contributed by atoms with Crippen molar-refractivity contribution in [2.24, 2.45) is 0 Å². The second-order valence-electron chi connectivity index (χ2n) is 4.97. The number of ether oxygens (including phenoxy) is 3. The fraction of sp³-hybridized carbons (Fsp3) is 0.294. The zero-order valence-corrected chi connectivity index (χ0v) is 12.2. The SMILES string of the molecule is COc1ccc2c(c1)C(C)c1cc(OC)c(OC)cc1-2. The van der Waals surface area contributed by atoms with E-state index < -0.39 is 0 Å². The molecule has 2 aromatic rings. The summed E-state index contributed by atoms with van der Waals surface area (Å²) in [7, 11) is 5.03. The maximum Gasteiger partial charge on any atom is 0.161 e. The standard InChI is InChI=1S/C17H18O3/c1-10-13-7-11(18-2)5-6-12(13)15-9-17(20-4)16(19-3)8-14(10)15/h5-10H,1-4H3. The smallest absolute Gasteiger partial charge is 0.161 e. The van der Waals surface area contributed by atoms with Gasteiger partial charge in [0.25, 0.3) is 0 Å². The van der Waals surface area contributed by atoms with Gasteiger partial charge in [-0.2, -0.15) is 0 Å². The van der Waals surface area contributed by atoms with Crippen LogP contribution in [0.5, 0.6) is 17.2 Å². The lowest BCUT2D eigenvalue weighted by Gasteiger charge is -2.12. The fourth-order valence-electron chi connectivity index (χ4n) is 2.93. The van der Waals surface area contributed by atoms with Crippen LogP contribution in [0.2, 0.25) is 0 Å². The van der Waals surface area contributed by atoms with Crippen molar-refractivity contribution in [2.75, 3.05) is 21.3 Å². The highest BCUT2D eigenvalue weighted by Crippen LogP contribution is 2.49. The summed E-state index contributed by atoms with van der Waals surface area (Å²) in [6.07, 6.45) is 0. The number of fused-ring (bicyclic) bond motifs is 3. The van der Waals surface area contributed by atoms with Crippen molar-refractivity contribution in [3.8, 4) is 28.4 Å². The number of methoxy groups -OCH3 is 3. The zero-order valence-electron chi connectivity index (χ0n) is 12.2. The average Bonchev–Trinajstić information content (AvgIpc) is 2.77. The first-order valence-corrected chi connectivity index (χ1v) is 6.63. The monoisotopic (exact) mass is 270 g/mol. The van der Waals surface area contributed by atoms with Crippen molar-refractivity contribution in [1.29, 1.82) is 0 Å². The van der Waals surface area contributed by atoms with Crippen LogP contribution in [0.1, 0.15) is 24.0 Å². The van der Waals surface area contributed by atoms with E-state index in [0.717, 1.165) is 17.2 Å². The molecule has 20 heavy (non-hydrogen) atoms. The van der Waals surface area contributed by atoms with Gasteiger partial charge in [-0.25, -0.2) is 0 Å². The molecular weight excluding hydrogens is 252 g/mol. The van der Waals surface area contributed by atoms with Gasteiger partial charge >= 0.3 is 0 Å². The molecule has 0 radical (unpaired) electrons. The molecule has 1 aliphatic rings. The maximum absolute atomic E-state index is 5.41. The molecule has 1 aliphatic carbocycles. The quantitative estimate of drug-likeness (QED) is 0.848. The Morgan fingerprint density at radius 2 is 1.40 bits per heavy atom. The minimum atomic E-state index is 0.329. The number of rotatable bonds is 3. The molecule has 1 unspecified atom stereocenters. The van der Waals surface area contributed by atoms with Gasteiger partial charge in [0.15, 0.2) is 11.5 Å². The van der Waals surface area contributed by atoms with Crippen LogP contribution in [-0.4, -0.2) is 21.3 Å². The summed E-state index contributed by atoms with van der Waals surface area (Å²) in [5.74, 6) is 2.76. The topological polar surface area (TPSA) is 27.7 Å². The van der Waals surface area contributed by atoms with E-state index in [1.54, 1.807) is 21.3 Å². The zero-order chi connectivity index (χ0) is 14.3. The first kappa shape index (κ1) is 12.9. The van der Waals surface area contributed by atoms with Crippen LogP contribution in [-0.2, 0) is 0 Å². The summed E-state index contributed by atoms with van der Waals surface area (Å²) in [5, 5.41) is 0. The Morgan fingerprint density at radius 1 is 0.750 bits per heavy atom. The molecule has 0 fully saturated rings. The van der Waals surface area contributed by atoms with E-state index in [4.69, 9.17) is 14.2 Å². The van der Waals surface area contributed by atoms with Gasteiger partial charge in [0.2, 0.25) is 0 Å². The van der Waals surface area contributed by atoms with Crippen molar-refractivity contribution in [1.82, 2.24) is 0 Å². The Morgan fingerprint density at radius 3 is 2.05 bits per heavy atom. The van der Waals surface area contributed by atoms with Crippen LogP contribution in [0.3, 0.4) is 0 Å². The van der Waals surface area contributed by atoms with Crippen molar-refractivity contribution >= 4 is 0 Å². The van der Waals surface area contributed by atoms with Gasteiger partial charge in [0.1, 0.15) is 5.75 Å². The Kier molecular flexibility index (Phi) is 3.05. The average molecular weight is 270 g/mol. The normalized spacial score (nSPS) is 15.5. The lowest BCUT2D eigenvalue weighted by Crippen LogP contribution is -1.94. The third-order valence-electron chi connectivity index (χ3n) is 4.04. The molecule has 0 saturated carbocycles. The molecule has 3 rings (SSSR count). The molecule has 0 bridgehead atoms. The highest BCUT2D eigenvalue weighted by atomic mass is 16.5. The lowest BCUT2D eigenvalue weighted by atomic mass is 9.99. The van der Waals surface area contributed by atoms with Crippen LogP contribution in [0, 0.1) is 0 Å². The predicted octanol–water partition coefficient (Wildman–Crippen LogP) is 3.84. The molecule has 0 N–H and O–H groups in total. The molecule has 0 heterocycles. The lowest BCUT2D eigenvalue weighted by molar-refractivity contribution is 0.354. The summed E-state index contributed by atoms with van der Waals surface area (Å²) >= 11 is 0. The number of hydrogen-bond donors (Lipinski definition) is 0. The van der Waals surface area contributed by atoms with E-state index in [0.29, 0.717) is 5.92 Å². The summed E-state index contributed by atoms with van der Waals surface area (Å²) < 4.78 is 16.1. The van der Waals surface area contributed by atoms with Crippen LogP contribution in [0.25, 0.3) is 11.1 Å². The van der Waals surface area contributed by atoms with Crippen LogP contribution in [0.4, 0.5) is 0 Å². The Bertz CT molecular complexity index is 662. The van der Waals surface area contributed by atoms with Gasteiger partial charge in [-0.3, -0.25) is 0 Å². The van der Waals surface area contributed by atoms with Gasteiger partial charge in [0, 0.05) is 5.92 Å². The molecule has 104 valence electrons. The van der Waals surface area contributed by atoms with Gasteiger partial charge in [0.05, 0.1) is 21.3 Å². The summed E-state index contributed by atoms with van der Waals surface area (Å²) in [5.41, 5.74) is 5.02. The molecule has 2 aromatic carbocycles. The number of benzene rings is 2. The minimum Gasteiger partial charge on any atom is -0.497 e. The predicted molar refractivity (Wildman–Crippen MR) is 79.1 cm³/mol. The van der Waals surface area contributed by atoms with E-state index >= 15 is 0 Å². The van der Waals surface area contributed by atoms with Crippen molar-refractivity contribution < 1.29 is 14.2 Å². The van der Waals surface area contributed by atoms with Gasteiger partial charge in [-0.05, 0) is 46.5 Å². The minimum absolute atomic E-state index is 0.329. The Balaban J connectivity index is 2.20. The highest BCUT2D eigenvalue weighted by molar-refractivity contribution is 5.81. The second kappa shape index (κ2) is 4.75. The van der Waals surface area contributed by atoms with Crippen LogP contribution in [0.15, 0.2) is 30.3 Å². The Labute approximate surface area is 119 Å². The van der Waals surface area contributed by atoms with Crippen molar-refractivity contribution in [3.63, 3.8) is 0 Å². The maximum atomic E-state index is 5.41. The van der Waals surface area contributed by atoms with E-state index in [9.17, 15) is 0 Å². The molecule has 0 amide bonds. The summed E-state index contributed by atoms with van der Waals surface area (Å²) in [6.45, 7) is 2.20. The molecule has 0 saturated heterocycles. The highest BCUT2D eigenvalue weighted by Gasteiger charge is 2.27. The van der Waals surface area contributed by atoms with E-state index in [1.165, 1.54) is 22.3 Å². The van der Waals surface area contributed by atoms with E-state index in [-0.39, 0.29) is 0 Å². The third kappa shape index (κ3) is 1.73. The molecule has 1 atom stereocenters. The van der Waals surface area contributed by atoms with Crippen LogP contribution >= 0.6 is 0 Å². The summed E-state index contributed by atoms with van der Waals surface area (Å²) in [4.78, 5) is 0. The molecule has 3 nitrogen and oxygen atoms in total. The van der Waals surface area contributed by atoms with Crippen LogP contribution < -0.4 is 14.2 Å². The summed E-state index contributed by atoms with van der Waals surface area (Å²) in [6, 6.07) is 10.4. The Hall–Kier alpha value is -2.16.